The molecule has 0 spiro atoms. The molecule has 0 saturated heterocycles. The van der Waals surface area contributed by atoms with Gasteiger partial charge >= 0.3 is 0 Å². The molecule has 0 saturated carbocycles. The van der Waals surface area contributed by atoms with Crippen molar-refractivity contribution in [3.8, 4) is 11.3 Å². The zero-order chi connectivity index (χ0) is 10.1. The predicted octanol–water partition coefficient (Wildman–Crippen LogP) is 3.79. The van der Waals surface area contributed by atoms with E-state index in [2.05, 4.69) is 5.16 Å². The molecule has 0 amide bonds. The van der Waals surface area contributed by atoms with Crippen LogP contribution < -0.4 is 0 Å². The van der Waals surface area contributed by atoms with E-state index in [0.717, 1.165) is 0 Å². The lowest BCUT2D eigenvalue weighted by Gasteiger charge is -2.01. The summed E-state index contributed by atoms with van der Waals surface area (Å²) in [7, 11) is 0. The lowest BCUT2D eigenvalue weighted by atomic mass is 10.2. The van der Waals surface area contributed by atoms with Crippen LogP contribution in [0.4, 0.5) is 4.39 Å². The molecule has 0 aliphatic carbocycles. The Morgan fingerprint density at radius 2 is 2.00 bits per heavy atom. The molecule has 1 heterocycles. The second-order valence-corrected chi connectivity index (χ2v) is 3.44. The number of rotatable bonds is 1. The summed E-state index contributed by atoms with van der Waals surface area (Å²) < 4.78 is 17.9. The quantitative estimate of drug-likeness (QED) is 0.699. The SMILES string of the molecule is Fc1cc(-c2ccno2)c(Cl)cc1Cl. The average Bonchev–Trinajstić information content (AvgIpc) is 2.64. The van der Waals surface area contributed by atoms with E-state index in [1.54, 1.807) is 6.07 Å². The van der Waals surface area contributed by atoms with Gasteiger partial charge in [-0.1, -0.05) is 28.4 Å². The van der Waals surface area contributed by atoms with Crippen molar-refractivity contribution in [3.63, 3.8) is 0 Å². The molecule has 0 unspecified atom stereocenters. The van der Waals surface area contributed by atoms with Crippen molar-refractivity contribution in [3.05, 3.63) is 40.3 Å². The van der Waals surface area contributed by atoms with Gasteiger partial charge in [0.15, 0.2) is 5.76 Å². The normalized spacial score (nSPS) is 10.5. The number of aromatic nitrogens is 1. The minimum atomic E-state index is -0.539. The van der Waals surface area contributed by atoms with Crippen LogP contribution in [-0.4, -0.2) is 5.16 Å². The van der Waals surface area contributed by atoms with Gasteiger partial charge in [-0.25, -0.2) is 4.39 Å². The maximum Gasteiger partial charge on any atom is 0.168 e. The first-order valence-electron chi connectivity index (χ1n) is 3.74. The van der Waals surface area contributed by atoms with E-state index in [9.17, 15) is 4.39 Å². The Morgan fingerprint density at radius 1 is 1.21 bits per heavy atom. The van der Waals surface area contributed by atoms with E-state index >= 15 is 0 Å². The topological polar surface area (TPSA) is 26.0 Å². The van der Waals surface area contributed by atoms with Crippen LogP contribution in [0.15, 0.2) is 28.9 Å². The first-order valence-corrected chi connectivity index (χ1v) is 4.49. The molecule has 14 heavy (non-hydrogen) atoms. The van der Waals surface area contributed by atoms with Crippen LogP contribution in [0.25, 0.3) is 11.3 Å². The molecular weight excluding hydrogens is 228 g/mol. The minimum Gasteiger partial charge on any atom is -0.356 e. The third-order valence-electron chi connectivity index (χ3n) is 1.71. The molecule has 72 valence electrons. The van der Waals surface area contributed by atoms with Crippen LogP contribution in [-0.2, 0) is 0 Å². The Balaban J connectivity index is 2.60. The Kier molecular flexibility index (Phi) is 2.44. The first-order chi connectivity index (χ1) is 6.68. The highest BCUT2D eigenvalue weighted by molar-refractivity contribution is 6.36. The van der Waals surface area contributed by atoms with Crippen molar-refractivity contribution >= 4 is 23.2 Å². The lowest BCUT2D eigenvalue weighted by Crippen LogP contribution is -1.82. The van der Waals surface area contributed by atoms with Crippen molar-refractivity contribution < 1.29 is 8.91 Å². The van der Waals surface area contributed by atoms with Crippen molar-refractivity contribution in [1.82, 2.24) is 5.16 Å². The van der Waals surface area contributed by atoms with Gasteiger partial charge in [0.05, 0.1) is 16.2 Å². The smallest absolute Gasteiger partial charge is 0.168 e. The van der Waals surface area contributed by atoms with Crippen molar-refractivity contribution in [1.29, 1.82) is 0 Å². The molecule has 2 nitrogen and oxygen atoms in total. The summed E-state index contributed by atoms with van der Waals surface area (Å²) in [5, 5.41) is 3.81. The molecule has 2 aromatic rings. The summed E-state index contributed by atoms with van der Waals surface area (Å²) >= 11 is 11.4. The van der Waals surface area contributed by atoms with Crippen LogP contribution in [0.1, 0.15) is 0 Å². The van der Waals surface area contributed by atoms with E-state index < -0.39 is 5.82 Å². The first kappa shape index (κ1) is 9.49. The molecule has 0 aliphatic heterocycles. The molecule has 0 aliphatic rings. The zero-order valence-corrected chi connectivity index (χ0v) is 8.31. The van der Waals surface area contributed by atoms with Crippen LogP contribution in [0.3, 0.4) is 0 Å². The van der Waals surface area contributed by atoms with Crippen LogP contribution in [0, 0.1) is 5.82 Å². The molecule has 0 N–H and O–H groups in total. The van der Waals surface area contributed by atoms with E-state index in [0.29, 0.717) is 16.3 Å². The molecule has 5 heteroatoms. The van der Waals surface area contributed by atoms with Gasteiger partial charge in [0.25, 0.3) is 0 Å². The zero-order valence-electron chi connectivity index (χ0n) is 6.80. The van der Waals surface area contributed by atoms with Crippen LogP contribution in [0.2, 0.25) is 10.0 Å². The van der Waals surface area contributed by atoms with E-state index in [4.69, 9.17) is 27.7 Å². The van der Waals surface area contributed by atoms with Gasteiger partial charge in [0, 0.05) is 11.6 Å². The van der Waals surface area contributed by atoms with Gasteiger partial charge in [-0.05, 0) is 12.1 Å². The highest BCUT2D eigenvalue weighted by Crippen LogP contribution is 2.31. The Hall–Kier alpha value is -1.06. The summed E-state index contributed by atoms with van der Waals surface area (Å²) in [6.45, 7) is 0. The van der Waals surface area contributed by atoms with Gasteiger partial charge < -0.3 is 4.52 Å². The van der Waals surface area contributed by atoms with E-state index in [1.165, 1.54) is 18.3 Å². The maximum absolute atomic E-state index is 13.1. The van der Waals surface area contributed by atoms with Crippen LogP contribution >= 0.6 is 23.2 Å². The third-order valence-corrected chi connectivity index (χ3v) is 2.32. The summed E-state index contributed by atoms with van der Waals surface area (Å²) in [6, 6.07) is 4.13. The van der Waals surface area contributed by atoms with Crippen molar-refractivity contribution in [2.75, 3.05) is 0 Å². The fourth-order valence-corrected chi connectivity index (χ4v) is 1.54. The molecular formula is C9H4Cl2FNO. The number of hydrogen-bond donors (Lipinski definition) is 0. The predicted molar refractivity (Wildman–Crippen MR) is 51.9 cm³/mol. The van der Waals surface area contributed by atoms with E-state index in [1.807, 2.05) is 0 Å². The number of halogens is 3. The number of benzene rings is 1. The van der Waals surface area contributed by atoms with Crippen molar-refractivity contribution in [2.24, 2.45) is 0 Å². The number of hydrogen-bond acceptors (Lipinski definition) is 2. The summed E-state index contributed by atoms with van der Waals surface area (Å²) in [4.78, 5) is 0. The maximum atomic E-state index is 13.1. The third kappa shape index (κ3) is 1.61. The molecule has 0 radical (unpaired) electrons. The molecule has 0 atom stereocenters. The van der Waals surface area contributed by atoms with Gasteiger partial charge in [0.1, 0.15) is 5.82 Å². The Bertz CT molecular complexity index is 456. The molecule has 0 bridgehead atoms. The summed E-state index contributed by atoms with van der Waals surface area (Å²) in [5.74, 6) is -0.131. The molecule has 2 rings (SSSR count). The fraction of sp³-hybridized carbons (Fsp3) is 0. The monoisotopic (exact) mass is 231 g/mol. The van der Waals surface area contributed by atoms with Crippen molar-refractivity contribution in [2.45, 2.75) is 0 Å². The Morgan fingerprint density at radius 3 is 2.64 bits per heavy atom. The number of nitrogens with zero attached hydrogens (tertiary/aromatic N) is 1. The van der Waals surface area contributed by atoms with Crippen LogP contribution in [0.5, 0.6) is 0 Å². The van der Waals surface area contributed by atoms with Gasteiger partial charge in [-0.15, -0.1) is 0 Å². The highest BCUT2D eigenvalue weighted by Gasteiger charge is 2.11. The van der Waals surface area contributed by atoms with Gasteiger partial charge in [-0.2, -0.15) is 0 Å². The largest absolute Gasteiger partial charge is 0.356 e. The summed E-state index contributed by atoms with van der Waals surface area (Å²) in [6.07, 6.45) is 1.46. The second-order valence-electron chi connectivity index (χ2n) is 2.62. The summed E-state index contributed by atoms with van der Waals surface area (Å²) in [5.41, 5.74) is 0.436. The highest BCUT2D eigenvalue weighted by atomic mass is 35.5. The Labute approximate surface area is 89.2 Å². The van der Waals surface area contributed by atoms with E-state index in [-0.39, 0.29) is 5.02 Å². The second kappa shape index (κ2) is 3.59. The minimum absolute atomic E-state index is 0.0155. The molecule has 1 aromatic carbocycles. The standard InChI is InChI=1S/C9H4Cl2FNO/c10-6-4-7(11)8(12)3-5(6)9-1-2-13-14-9/h1-4H. The average molecular weight is 232 g/mol. The van der Waals surface area contributed by atoms with Gasteiger partial charge in [0.2, 0.25) is 0 Å². The molecule has 1 aromatic heterocycles. The van der Waals surface area contributed by atoms with Gasteiger partial charge in [-0.3, -0.25) is 0 Å². The fourth-order valence-electron chi connectivity index (χ4n) is 1.07. The molecule has 0 fully saturated rings. The lowest BCUT2D eigenvalue weighted by molar-refractivity contribution is 0.432.